The zero-order chi connectivity index (χ0) is 23.2. The molecule has 6 nitrogen and oxygen atoms in total. The summed E-state index contributed by atoms with van der Waals surface area (Å²) >= 11 is 3.49. The molecule has 0 amide bonds. The Bertz CT molecular complexity index is 1240. The van der Waals surface area contributed by atoms with Crippen LogP contribution in [0, 0.1) is 0 Å². The number of halogens is 1. The topological polar surface area (TPSA) is 74.2 Å². The van der Waals surface area contributed by atoms with E-state index in [0.717, 1.165) is 5.56 Å². The number of cyclic esters (lactones) is 1. The van der Waals surface area contributed by atoms with Gasteiger partial charge in [-0.05, 0) is 58.8 Å². The van der Waals surface area contributed by atoms with Gasteiger partial charge in [0.25, 0.3) is 0 Å². The molecule has 0 aliphatic carbocycles. The molecule has 33 heavy (non-hydrogen) atoms. The molecule has 0 unspecified atom stereocenters. The Hall–Kier alpha value is -3.71. The fourth-order valence-electron chi connectivity index (χ4n) is 3.19. The summed E-state index contributed by atoms with van der Waals surface area (Å²) in [5.74, 6) is 0.434. The predicted octanol–water partition coefficient (Wildman–Crippen LogP) is 5.45. The summed E-state index contributed by atoms with van der Waals surface area (Å²) in [6, 6.07) is 21.6. The number of nitrogens with zero attached hydrogens (tertiary/aromatic N) is 1. The van der Waals surface area contributed by atoms with Crippen LogP contribution in [-0.2, 0) is 9.53 Å². The van der Waals surface area contributed by atoms with Crippen molar-refractivity contribution in [2.24, 2.45) is 4.99 Å². The summed E-state index contributed by atoms with van der Waals surface area (Å²) in [6.07, 6.45) is 1.62. The number of aliphatic imine (C=N–C) groups is 1. The fourth-order valence-corrected chi connectivity index (χ4v) is 3.76. The molecule has 0 saturated heterocycles. The number of rotatable bonds is 8. The van der Waals surface area contributed by atoms with E-state index in [0.29, 0.717) is 33.7 Å². The Morgan fingerprint density at radius 3 is 2.42 bits per heavy atom. The third-order valence-corrected chi connectivity index (χ3v) is 5.31. The van der Waals surface area contributed by atoms with Gasteiger partial charge in [0.2, 0.25) is 5.90 Å². The number of hydrogen-bond acceptors (Lipinski definition) is 6. The van der Waals surface area contributed by atoms with E-state index in [1.807, 2.05) is 43.3 Å². The molecule has 1 aliphatic rings. The van der Waals surface area contributed by atoms with Crippen molar-refractivity contribution in [1.82, 2.24) is 0 Å². The van der Waals surface area contributed by atoms with Gasteiger partial charge in [0, 0.05) is 11.1 Å². The maximum atomic E-state index is 12.4. The van der Waals surface area contributed by atoms with Crippen LogP contribution in [0.2, 0.25) is 0 Å². The second kappa shape index (κ2) is 10.3. The molecule has 0 atom stereocenters. The first kappa shape index (κ1) is 22.5. The lowest BCUT2D eigenvalue weighted by atomic mass is 10.1. The number of benzene rings is 3. The summed E-state index contributed by atoms with van der Waals surface area (Å²) < 4.78 is 17.4. The third kappa shape index (κ3) is 5.38. The lowest BCUT2D eigenvalue weighted by molar-refractivity contribution is -0.129. The first-order chi connectivity index (χ1) is 16.0. The minimum absolute atomic E-state index is 0.139. The monoisotopic (exact) mass is 505 g/mol. The van der Waals surface area contributed by atoms with E-state index in [9.17, 15) is 9.59 Å². The summed E-state index contributed by atoms with van der Waals surface area (Å²) in [4.78, 5) is 29.1. The van der Waals surface area contributed by atoms with Crippen LogP contribution in [0.4, 0.5) is 0 Å². The number of carbonyl (C=O) groups is 2. The third-order valence-electron chi connectivity index (χ3n) is 4.72. The molecule has 1 heterocycles. The van der Waals surface area contributed by atoms with Gasteiger partial charge in [0.1, 0.15) is 0 Å². The standard InChI is InChI=1S/C26H20BrNO5/c1-2-31-23-15-17(14-21-26(30)33-25(28-21)19-11-7-4-8-12-19)13-20(27)24(23)32-16-22(29)18-9-5-3-6-10-18/h3-15H,2,16H2,1H3/b21-14-. The van der Waals surface area contributed by atoms with Gasteiger partial charge in [-0.2, -0.15) is 0 Å². The highest BCUT2D eigenvalue weighted by Crippen LogP contribution is 2.38. The molecule has 0 saturated carbocycles. The summed E-state index contributed by atoms with van der Waals surface area (Å²) in [5, 5.41) is 0. The van der Waals surface area contributed by atoms with Crippen molar-refractivity contribution in [3.8, 4) is 11.5 Å². The van der Waals surface area contributed by atoms with Crippen LogP contribution in [0.1, 0.15) is 28.4 Å². The van der Waals surface area contributed by atoms with Gasteiger partial charge >= 0.3 is 5.97 Å². The van der Waals surface area contributed by atoms with E-state index < -0.39 is 5.97 Å². The average molecular weight is 506 g/mol. The van der Waals surface area contributed by atoms with Crippen molar-refractivity contribution in [3.63, 3.8) is 0 Å². The molecule has 3 aromatic carbocycles. The van der Waals surface area contributed by atoms with Crippen molar-refractivity contribution in [2.45, 2.75) is 6.92 Å². The van der Waals surface area contributed by atoms with E-state index in [4.69, 9.17) is 14.2 Å². The number of carbonyl (C=O) groups excluding carboxylic acids is 2. The fraction of sp³-hybridized carbons (Fsp3) is 0.115. The second-order valence-electron chi connectivity index (χ2n) is 7.04. The lowest BCUT2D eigenvalue weighted by Crippen LogP contribution is -2.12. The minimum atomic E-state index is -0.531. The van der Waals surface area contributed by atoms with Crippen LogP contribution in [0.3, 0.4) is 0 Å². The Kier molecular flexibility index (Phi) is 7.00. The number of esters is 1. The maximum absolute atomic E-state index is 12.4. The molecule has 4 rings (SSSR count). The van der Waals surface area contributed by atoms with Crippen molar-refractivity contribution in [2.75, 3.05) is 13.2 Å². The Morgan fingerprint density at radius 1 is 1.03 bits per heavy atom. The van der Waals surface area contributed by atoms with Gasteiger partial charge in [0.15, 0.2) is 29.6 Å². The van der Waals surface area contributed by atoms with Gasteiger partial charge in [-0.3, -0.25) is 4.79 Å². The molecule has 0 aromatic heterocycles. The van der Waals surface area contributed by atoms with Crippen molar-refractivity contribution >= 4 is 39.7 Å². The number of ketones is 1. The Morgan fingerprint density at radius 2 is 1.73 bits per heavy atom. The van der Waals surface area contributed by atoms with Crippen LogP contribution in [0.5, 0.6) is 11.5 Å². The zero-order valence-corrected chi connectivity index (χ0v) is 19.4. The SMILES string of the molecule is CCOc1cc(/C=C2\N=C(c3ccccc3)OC2=O)cc(Br)c1OCC(=O)c1ccccc1. The summed E-state index contributed by atoms with van der Waals surface area (Å²) in [7, 11) is 0. The number of ether oxygens (including phenoxy) is 3. The molecule has 0 spiro atoms. The largest absolute Gasteiger partial charge is 0.490 e. The molecule has 3 aromatic rings. The number of Topliss-reactive ketones (excluding diaryl/α,β-unsaturated/α-hetero) is 1. The normalized spacial score (nSPS) is 14.1. The molecule has 1 aliphatic heterocycles. The van der Waals surface area contributed by atoms with Crippen molar-refractivity contribution < 1.29 is 23.8 Å². The number of hydrogen-bond donors (Lipinski definition) is 0. The van der Waals surface area contributed by atoms with E-state index in [2.05, 4.69) is 20.9 Å². The highest BCUT2D eigenvalue weighted by molar-refractivity contribution is 9.10. The maximum Gasteiger partial charge on any atom is 0.363 e. The molecule has 166 valence electrons. The van der Waals surface area contributed by atoms with E-state index in [1.54, 1.807) is 42.5 Å². The van der Waals surface area contributed by atoms with Crippen LogP contribution in [-0.4, -0.2) is 30.9 Å². The molecular formula is C26H20BrNO5. The quantitative estimate of drug-likeness (QED) is 0.231. The average Bonchev–Trinajstić information content (AvgIpc) is 3.20. The lowest BCUT2D eigenvalue weighted by Gasteiger charge is -2.14. The molecular weight excluding hydrogens is 486 g/mol. The van der Waals surface area contributed by atoms with Gasteiger partial charge in [-0.1, -0.05) is 48.5 Å². The van der Waals surface area contributed by atoms with E-state index in [1.165, 1.54) is 0 Å². The first-order valence-corrected chi connectivity index (χ1v) is 11.1. The molecule has 7 heteroatoms. The van der Waals surface area contributed by atoms with Crippen LogP contribution >= 0.6 is 15.9 Å². The molecule has 0 radical (unpaired) electrons. The smallest absolute Gasteiger partial charge is 0.363 e. The van der Waals surface area contributed by atoms with Crippen LogP contribution in [0.25, 0.3) is 6.08 Å². The first-order valence-electron chi connectivity index (χ1n) is 10.3. The predicted molar refractivity (Wildman–Crippen MR) is 129 cm³/mol. The van der Waals surface area contributed by atoms with Gasteiger partial charge in [-0.15, -0.1) is 0 Å². The second-order valence-corrected chi connectivity index (χ2v) is 7.90. The zero-order valence-electron chi connectivity index (χ0n) is 17.8. The highest BCUT2D eigenvalue weighted by Gasteiger charge is 2.24. The van der Waals surface area contributed by atoms with Gasteiger partial charge < -0.3 is 14.2 Å². The van der Waals surface area contributed by atoms with Crippen molar-refractivity contribution in [1.29, 1.82) is 0 Å². The van der Waals surface area contributed by atoms with Gasteiger partial charge in [-0.25, -0.2) is 9.79 Å². The molecule has 0 N–H and O–H groups in total. The van der Waals surface area contributed by atoms with E-state index in [-0.39, 0.29) is 24.0 Å². The Labute approximate surface area is 199 Å². The van der Waals surface area contributed by atoms with Crippen LogP contribution in [0.15, 0.2) is 88.0 Å². The highest BCUT2D eigenvalue weighted by atomic mass is 79.9. The molecule has 0 fully saturated rings. The molecule has 0 bridgehead atoms. The Balaban J connectivity index is 1.58. The van der Waals surface area contributed by atoms with E-state index >= 15 is 0 Å². The summed E-state index contributed by atoms with van der Waals surface area (Å²) in [5.41, 5.74) is 2.13. The van der Waals surface area contributed by atoms with Crippen molar-refractivity contribution in [3.05, 3.63) is 99.7 Å². The van der Waals surface area contributed by atoms with Gasteiger partial charge in [0.05, 0.1) is 11.1 Å². The minimum Gasteiger partial charge on any atom is -0.490 e. The van der Waals surface area contributed by atoms with Crippen LogP contribution < -0.4 is 9.47 Å². The summed E-state index contributed by atoms with van der Waals surface area (Å²) in [6.45, 7) is 2.11.